The van der Waals surface area contributed by atoms with E-state index < -0.39 is 5.79 Å². The van der Waals surface area contributed by atoms with Crippen LogP contribution in [-0.2, 0) is 9.47 Å². The van der Waals surface area contributed by atoms with Gasteiger partial charge in [-0.05, 0) is 19.4 Å². The first-order valence-corrected chi connectivity index (χ1v) is 6.05. The van der Waals surface area contributed by atoms with Gasteiger partial charge >= 0.3 is 0 Å². The Morgan fingerprint density at radius 3 is 2.47 bits per heavy atom. The molecule has 1 aromatic carbocycles. The van der Waals surface area contributed by atoms with E-state index in [4.69, 9.17) is 9.47 Å². The maximum atomic E-state index is 9.29. The highest BCUT2D eigenvalue weighted by atomic mass is 16.8. The first kappa shape index (κ1) is 12.6. The molecule has 1 saturated heterocycles. The minimum atomic E-state index is -0.589. The van der Waals surface area contributed by atoms with Gasteiger partial charge in [-0.2, -0.15) is 0 Å². The number of aliphatic hydroxyl groups is 1. The molecule has 1 fully saturated rings. The van der Waals surface area contributed by atoms with Crippen LogP contribution >= 0.6 is 0 Å². The van der Waals surface area contributed by atoms with E-state index >= 15 is 0 Å². The number of ether oxygens (including phenoxy) is 2. The maximum absolute atomic E-state index is 9.29. The van der Waals surface area contributed by atoms with Gasteiger partial charge in [0, 0.05) is 12.5 Å². The molecule has 0 aliphatic carbocycles. The molecule has 94 valence electrons. The summed E-state index contributed by atoms with van der Waals surface area (Å²) in [7, 11) is 0. The normalized spacial score (nSPS) is 29.2. The van der Waals surface area contributed by atoms with Crippen LogP contribution in [0.5, 0.6) is 0 Å². The van der Waals surface area contributed by atoms with Gasteiger partial charge < -0.3 is 14.6 Å². The summed E-state index contributed by atoms with van der Waals surface area (Å²) in [5, 5.41) is 9.29. The van der Waals surface area contributed by atoms with E-state index in [1.165, 1.54) is 0 Å². The van der Waals surface area contributed by atoms with Gasteiger partial charge in [0.2, 0.25) is 0 Å². The lowest BCUT2D eigenvalue weighted by atomic mass is 9.95. The highest BCUT2D eigenvalue weighted by Gasteiger charge is 2.44. The molecule has 1 aromatic rings. The molecule has 3 atom stereocenters. The fraction of sp³-hybridized carbons (Fsp3) is 0.571. The third-order valence-corrected chi connectivity index (χ3v) is 3.11. The van der Waals surface area contributed by atoms with Crippen LogP contribution < -0.4 is 0 Å². The van der Waals surface area contributed by atoms with Crippen molar-refractivity contribution in [1.29, 1.82) is 0 Å². The summed E-state index contributed by atoms with van der Waals surface area (Å²) in [5.41, 5.74) is 1.10. The zero-order valence-electron chi connectivity index (χ0n) is 10.6. The van der Waals surface area contributed by atoms with Gasteiger partial charge in [-0.3, -0.25) is 0 Å². The Hall–Kier alpha value is -0.900. The van der Waals surface area contributed by atoms with Crippen LogP contribution in [0, 0.1) is 5.92 Å². The molecule has 0 radical (unpaired) electrons. The predicted octanol–water partition coefficient (Wildman–Crippen LogP) is 2.51. The summed E-state index contributed by atoms with van der Waals surface area (Å²) >= 11 is 0. The van der Waals surface area contributed by atoms with Crippen LogP contribution in [0.4, 0.5) is 0 Å². The molecule has 1 heterocycles. The molecule has 1 N–H and O–H groups in total. The lowest BCUT2D eigenvalue weighted by Gasteiger charge is -2.21. The number of aliphatic hydroxyl groups excluding tert-OH is 1. The Balaban J connectivity index is 2.25. The molecular weight excluding hydrogens is 216 g/mol. The van der Waals surface area contributed by atoms with Crippen molar-refractivity contribution < 1.29 is 14.6 Å². The molecular formula is C14H20O3. The van der Waals surface area contributed by atoms with Crippen molar-refractivity contribution in [2.24, 2.45) is 5.92 Å². The van der Waals surface area contributed by atoms with Crippen LogP contribution in [0.3, 0.4) is 0 Å². The van der Waals surface area contributed by atoms with Crippen molar-refractivity contribution in [3.63, 3.8) is 0 Å². The maximum Gasteiger partial charge on any atom is 0.164 e. The standard InChI is InChI=1S/C14H20O3/c1-10(9-15)12-13(17-14(2,3)16-12)11-7-5-4-6-8-11/h4-8,10,12-13,15H,9H2,1-3H3/t10-,12+,13+/m0/s1. The number of rotatable bonds is 3. The first-order valence-electron chi connectivity index (χ1n) is 6.05. The van der Waals surface area contributed by atoms with E-state index in [-0.39, 0.29) is 24.7 Å². The quantitative estimate of drug-likeness (QED) is 0.876. The van der Waals surface area contributed by atoms with E-state index in [1.54, 1.807) is 0 Å². The highest BCUT2D eigenvalue weighted by molar-refractivity contribution is 5.20. The molecule has 17 heavy (non-hydrogen) atoms. The Bertz CT molecular complexity index is 361. The zero-order valence-corrected chi connectivity index (χ0v) is 10.6. The Morgan fingerprint density at radius 1 is 1.24 bits per heavy atom. The molecule has 3 nitrogen and oxygen atoms in total. The molecule has 0 bridgehead atoms. The van der Waals surface area contributed by atoms with Gasteiger partial charge in [-0.25, -0.2) is 0 Å². The Morgan fingerprint density at radius 2 is 1.88 bits per heavy atom. The smallest absolute Gasteiger partial charge is 0.164 e. The Labute approximate surface area is 102 Å². The predicted molar refractivity (Wildman–Crippen MR) is 65.5 cm³/mol. The summed E-state index contributed by atoms with van der Waals surface area (Å²) in [6, 6.07) is 10.0. The molecule has 0 aromatic heterocycles. The third kappa shape index (κ3) is 2.68. The minimum absolute atomic E-state index is 0.0574. The van der Waals surface area contributed by atoms with Crippen LogP contribution in [0.25, 0.3) is 0 Å². The number of benzene rings is 1. The molecule has 0 amide bonds. The van der Waals surface area contributed by atoms with Gasteiger partial charge in [0.25, 0.3) is 0 Å². The van der Waals surface area contributed by atoms with Gasteiger partial charge in [0.15, 0.2) is 5.79 Å². The molecule has 3 heteroatoms. The van der Waals surface area contributed by atoms with E-state index in [0.29, 0.717) is 0 Å². The lowest BCUT2D eigenvalue weighted by Crippen LogP contribution is -2.28. The van der Waals surface area contributed by atoms with E-state index in [0.717, 1.165) is 5.56 Å². The van der Waals surface area contributed by atoms with Crippen molar-refractivity contribution in [2.45, 2.75) is 38.8 Å². The van der Waals surface area contributed by atoms with Crippen LogP contribution in [0.2, 0.25) is 0 Å². The van der Waals surface area contributed by atoms with Crippen molar-refractivity contribution in [1.82, 2.24) is 0 Å². The fourth-order valence-corrected chi connectivity index (χ4v) is 2.21. The number of hydrogen-bond donors (Lipinski definition) is 1. The van der Waals surface area contributed by atoms with Crippen LogP contribution in [0.15, 0.2) is 30.3 Å². The molecule has 1 aliphatic rings. The highest BCUT2D eigenvalue weighted by Crippen LogP contribution is 2.41. The SMILES string of the molecule is C[C@@H](CO)[C@H]1OC(C)(C)O[C@@H]1c1ccccc1. The van der Waals surface area contributed by atoms with Crippen molar-refractivity contribution >= 4 is 0 Å². The second-order valence-electron chi connectivity index (χ2n) is 5.09. The van der Waals surface area contributed by atoms with Crippen LogP contribution in [0.1, 0.15) is 32.4 Å². The van der Waals surface area contributed by atoms with Crippen molar-refractivity contribution in [3.05, 3.63) is 35.9 Å². The zero-order chi connectivity index (χ0) is 12.5. The molecule has 0 spiro atoms. The topological polar surface area (TPSA) is 38.7 Å². The van der Waals surface area contributed by atoms with E-state index in [2.05, 4.69) is 0 Å². The molecule has 0 saturated carbocycles. The van der Waals surface area contributed by atoms with Gasteiger partial charge in [-0.1, -0.05) is 37.3 Å². The van der Waals surface area contributed by atoms with Crippen LogP contribution in [-0.4, -0.2) is 23.6 Å². The monoisotopic (exact) mass is 236 g/mol. The fourth-order valence-electron chi connectivity index (χ4n) is 2.21. The molecule has 0 unspecified atom stereocenters. The second kappa shape index (κ2) is 4.77. The third-order valence-electron chi connectivity index (χ3n) is 3.11. The van der Waals surface area contributed by atoms with Crippen molar-refractivity contribution in [2.75, 3.05) is 6.61 Å². The summed E-state index contributed by atoms with van der Waals surface area (Å²) < 4.78 is 11.8. The molecule has 2 rings (SSSR count). The summed E-state index contributed by atoms with van der Waals surface area (Å²) in [5.74, 6) is -0.531. The Kier molecular flexibility index (Phi) is 3.52. The number of hydrogen-bond acceptors (Lipinski definition) is 3. The van der Waals surface area contributed by atoms with E-state index in [9.17, 15) is 5.11 Å². The summed E-state index contributed by atoms with van der Waals surface area (Å²) in [6.07, 6.45) is -0.203. The average Bonchev–Trinajstić information content (AvgIpc) is 2.65. The molecule has 1 aliphatic heterocycles. The van der Waals surface area contributed by atoms with Gasteiger partial charge in [-0.15, -0.1) is 0 Å². The lowest BCUT2D eigenvalue weighted by molar-refractivity contribution is -0.151. The van der Waals surface area contributed by atoms with E-state index in [1.807, 2.05) is 51.1 Å². The largest absolute Gasteiger partial charge is 0.396 e. The second-order valence-corrected chi connectivity index (χ2v) is 5.09. The van der Waals surface area contributed by atoms with Gasteiger partial charge in [0.05, 0.1) is 6.10 Å². The van der Waals surface area contributed by atoms with Gasteiger partial charge in [0.1, 0.15) is 6.10 Å². The summed E-state index contributed by atoms with van der Waals surface area (Å²) in [4.78, 5) is 0. The van der Waals surface area contributed by atoms with Crippen molar-refractivity contribution in [3.8, 4) is 0 Å². The minimum Gasteiger partial charge on any atom is -0.396 e. The summed E-state index contributed by atoms with van der Waals surface area (Å²) in [6.45, 7) is 5.90. The first-order chi connectivity index (χ1) is 8.03. The average molecular weight is 236 g/mol.